The molecule has 0 unspecified atom stereocenters. The molecular weight excluding hydrogens is 226 g/mol. The molecular formula is C11H15NO3S. The number of rotatable bonds is 6. The fraction of sp³-hybridized carbons (Fsp3) is 0.364. The van der Waals surface area contributed by atoms with Crippen molar-refractivity contribution in [3.8, 4) is 0 Å². The first-order chi connectivity index (χ1) is 7.54. The summed E-state index contributed by atoms with van der Waals surface area (Å²) in [5.41, 5.74) is 1.05. The number of sulfone groups is 1. The molecule has 0 amide bonds. The maximum atomic E-state index is 11.2. The van der Waals surface area contributed by atoms with Gasteiger partial charge in [0, 0.05) is 6.26 Å². The van der Waals surface area contributed by atoms with E-state index in [0.29, 0.717) is 18.0 Å². The summed E-state index contributed by atoms with van der Waals surface area (Å²) in [5, 5.41) is 2.94. The van der Waals surface area contributed by atoms with Crippen molar-refractivity contribution in [1.29, 1.82) is 0 Å². The van der Waals surface area contributed by atoms with E-state index in [9.17, 15) is 13.2 Å². The Morgan fingerprint density at radius 1 is 1.25 bits per heavy atom. The van der Waals surface area contributed by atoms with Gasteiger partial charge < -0.3 is 10.1 Å². The van der Waals surface area contributed by atoms with Crippen LogP contribution in [0.15, 0.2) is 29.2 Å². The molecule has 0 aromatic heterocycles. The molecule has 0 bridgehead atoms. The van der Waals surface area contributed by atoms with Crippen LogP contribution in [0.3, 0.4) is 0 Å². The van der Waals surface area contributed by atoms with E-state index < -0.39 is 9.84 Å². The molecule has 1 rings (SSSR count). The zero-order chi connectivity index (χ0) is 12.0. The summed E-state index contributed by atoms with van der Waals surface area (Å²) in [4.78, 5) is 10.4. The van der Waals surface area contributed by atoms with E-state index in [2.05, 4.69) is 5.32 Å². The Labute approximate surface area is 95.6 Å². The van der Waals surface area contributed by atoms with Crippen LogP contribution in [0.4, 0.5) is 0 Å². The second kappa shape index (κ2) is 5.77. The van der Waals surface area contributed by atoms with E-state index in [1.54, 1.807) is 24.3 Å². The molecule has 1 aromatic rings. The van der Waals surface area contributed by atoms with Crippen LogP contribution in [-0.4, -0.2) is 34.0 Å². The van der Waals surface area contributed by atoms with Gasteiger partial charge in [-0.05, 0) is 30.7 Å². The van der Waals surface area contributed by atoms with Crippen molar-refractivity contribution in [2.24, 2.45) is 0 Å². The molecule has 0 saturated heterocycles. The van der Waals surface area contributed by atoms with Gasteiger partial charge in [0.25, 0.3) is 0 Å². The molecule has 1 N–H and O–H groups in total. The lowest BCUT2D eigenvalue weighted by Gasteiger charge is -2.03. The minimum absolute atomic E-state index is 0.331. The number of carbonyl (C=O) groups excluding carboxylic acids is 1. The highest BCUT2D eigenvalue weighted by atomic mass is 32.2. The van der Waals surface area contributed by atoms with Gasteiger partial charge in [0.15, 0.2) is 9.84 Å². The Balaban J connectivity index is 2.55. The molecule has 0 spiro atoms. The average molecular weight is 241 g/mol. The summed E-state index contributed by atoms with van der Waals surface area (Å²) in [7, 11) is -3.11. The molecule has 0 atom stereocenters. The summed E-state index contributed by atoms with van der Waals surface area (Å²) in [6, 6.07) is 6.78. The molecule has 0 heterocycles. The topological polar surface area (TPSA) is 63.2 Å². The third-order valence-corrected chi connectivity index (χ3v) is 3.30. The first kappa shape index (κ1) is 12.9. The lowest BCUT2D eigenvalue weighted by molar-refractivity contribution is -0.107. The zero-order valence-corrected chi connectivity index (χ0v) is 9.96. The van der Waals surface area contributed by atoms with Gasteiger partial charge in [-0.3, -0.25) is 0 Å². The second-order valence-electron chi connectivity index (χ2n) is 3.54. The number of carbonyl (C=O) groups is 1. The van der Waals surface area contributed by atoms with E-state index >= 15 is 0 Å². The van der Waals surface area contributed by atoms with Crippen molar-refractivity contribution in [3.63, 3.8) is 0 Å². The molecule has 0 aliphatic carbocycles. The van der Waals surface area contributed by atoms with Crippen LogP contribution in [0.2, 0.25) is 0 Å². The number of nitrogens with one attached hydrogen (secondary N) is 1. The largest absolute Gasteiger partial charge is 0.310 e. The van der Waals surface area contributed by atoms with Gasteiger partial charge in [-0.2, -0.15) is 0 Å². The minimum Gasteiger partial charge on any atom is -0.310 e. The highest BCUT2D eigenvalue weighted by Gasteiger charge is 2.05. The van der Waals surface area contributed by atoms with Crippen molar-refractivity contribution in [2.75, 3.05) is 19.3 Å². The van der Waals surface area contributed by atoms with Gasteiger partial charge >= 0.3 is 0 Å². The Hall–Kier alpha value is -1.20. The van der Waals surface area contributed by atoms with Gasteiger partial charge in [-0.15, -0.1) is 0 Å². The lowest BCUT2D eigenvalue weighted by atomic mass is 10.1. The van der Waals surface area contributed by atoms with Crippen LogP contribution in [0.25, 0.3) is 0 Å². The fourth-order valence-corrected chi connectivity index (χ4v) is 1.93. The highest BCUT2D eigenvalue weighted by Crippen LogP contribution is 2.10. The molecule has 0 fully saturated rings. The summed E-state index contributed by atoms with van der Waals surface area (Å²) in [5.74, 6) is 0. The van der Waals surface area contributed by atoms with Crippen LogP contribution >= 0.6 is 0 Å². The van der Waals surface area contributed by atoms with E-state index in [4.69, 9.17) is 0 Å². The quantitative estimate of drug-likeness (QED) is 0.579. The van der Waals surface area contributed by atoms with E-state index in [-0.39, 0.29) is 0 Å². The standard InChI is InChI=1S/C11H15NO3S/c1-16(14,15)11-4-2-10(3-5-11)6-7-12-8-9-13/h2-5,9,12H,6-8H2,1H3. The third-order valence-electron chi connectivity index (χ3n) is 2.17. The molecule has 0 radical (unpaired) electrons. The van der Waals surface area contributed by atoms with Crippen molar-refractivity contribution in [1.82, 2.24) is 5.32 Å². The number of hydrogen-bond donors (Lipinski definition) is 1. The van der Waals surface area contributed by atoms with Crippen LogP contribution in [-0.2, 0) is 21.1 Å². The van der Waals surface area contributed by atoms with E-state index in [1.807, 2.05) is 0 Å². The zero-order valence-electron chi connectivity index (χ0n) is 9.14. The molecule has 1 aromatic carbocycles. The fourth-order valence-electron chi connectivity index (χ4n) is 1.30. The smallest absolute Gasteiger partial charge is 0.175 e. The Morgan fingerprint density at radius 2 is 1.88 bits per heavy atom. The van der Waals surface area contributed by atoms with Crippen LogP contribution in [0, 0.1) is 0 Å². The maximum absolute atomic E-state index is 11.2. The summed E-state index contributed by atoms with van der Waals surface area (Å²) in [6.07, 6.45) is 2.78. The first-order valence-electron chi connectivity index (χ1n) is 4.97. The molecule has 88 valence electrons. The number of aldehydes is 1. The second-order valence-corrected chi connectivity index (χ2v) is 5.55. The summed E-state index contributed by atoms with van der Waals surface area (Å²) in [6.45, 7) is 1.05. The Morgan fingerprint density at radius 3 is 2.38 bits per heavy atom. The lowest BCUT2D eigenvalue weighted by Crippen LogP contribution is -2.19. The van der Waals surface area contributed by atoms with Crippen molar-refractivity contribution in [3.05, 3.63) is 29.8 Å². The van der Waals surface area contributed by atoms with Gasteiger partial charge in [-0.25, -0.2) is 8.42 Å². The normalized spacial score (nSPS) is 11.3. The molecule has 16 heavy (non-hydrogen) atoms. The Bertz CT molecular complexity index is 437. The maximum Gasteiger partial charge on any atom is 0.175 e. The van der Waals surface area contributed by atoms with E-state index in [1.165, 1.54) is 6.26 Å². The molecule has 5 heteroatoms. The monoisotopic (exact) mass is 241 g/mol. The van der Waals surface area contributed by atoms with Gasteiger partial charge in [0.2, 0.25) is 0 Å². The summed E-state index contributed by atoms with van der Waals surface area (Å²) < 4.78 is 22.4. The van der Waals surface area contributed by atoms with Gasteiger partial charge in [0.05, 0.1) is 11.4 Å². The van der Waals surface area contributed by atoms with Crippen LogP contribution in [0.5, 0.6) is 0 Å². The average Bonchev–Trinajstić information content (AvgIpc) is 2.24. The van der Waals surface area contributed by atoms with Crippen LogP contribution in [0.1, 0.15) is 5.56 Å². The summed E-state index contributed by atoms with van der Waals surface area (Å²) >= 11 is 0. The molecule has 0 aliphatic heterocycles. The SMILES string of the molecule is CS(=O)(=O)c1ccc(CCNCC=O)cc1. The number of hydrogen-bond acceptors (Lipinski definition) is 4. The first-order valence-corrected chi connectivity index (χ1v) is 6.86. The molecule has 0 aliphatic rings. The predicted octanol–water partition coefficient (Wildman–Crippen LogP) is 0.421. The van der Waals surface area contributed by atoms with Crippen LogP contribution < -0.4 is 5.32 Å². The van der Waals surface area contributed by atoms with Crippen molar-refractivity contribution >= 4 is 16.1 Å². The predicted molar refractivity (Wildman–Crippen MR) is 62.2 cm³/mol. The van der Waals surface area contributed by atoms with Gasteiger partial charge in [-0.1, -0.05) is 12.1 Å². The van der Waals surface area contributed by atoms with Crippen molar-refractivity contribution in [2.45, 2.75) is 11.3 Å². The molecule has 4 nitrogen and oxygen atoms in total. The third kappa shape index (κ3) is 4.12. The molecule has 0 saturated carbocycles. The highest BCUT2D eigenvalue weighted by molar-refractivity contribution is 7.90. The van der Waals surface area contributed by atoms with Crippen molar-refractivity contribution < 1.29 is 13.2 Å². The Kier molecular flexibility index (Phi) is 4.64. The number of benzene rings is 1. The van der Waals surface area contributed by atoms with Gasteiger partial charge in [0.1, 0.15) is 6.29 Å². The van der Waals surface area contributed by atoms with E-state index in [0.717, 1.165) is 18.3 Å². The minimum atomic E-state index is -3.11.